The fraction of sp³-hybridized carbons (Fsp3) is 0.500. The van der Waals surface area contributed by atoms with Gasteiger partial charge in [-0.3, -0.25) is 9.59 Å². The van der Waals surface area contributed by atoms with Crippen molar-refractivity contribution < 1.29 is 22.8 Å². The van der Waals surface area contributed by atoms with E-state index in [2.05, 4.69) is 10.6 Å². The first kappa shape index (κ1) is 18.3. The Morgan fingerprint density at radius 2 is 2.00 bits per heavy atom. The molecule has 1 atom stereocenters. The smallest absolute Gasteiger partial charge is 0.343 e. The molecule has 0 spiro atoms. The Balaban J connectivity index is 2.04. The summed E-state index contributed by atoms with van der Waals surface area (Å²) in [5, 5.41) is 7.67. The van der Waals surface area contributed by atoms with E-state index >= 15 is 0 Å². The van der Waals surface area contributed by atoms with Crippen LogP contribution in [0.4, 0.5) is 18.9 Å². The number of rotatable bonds is 5. The zero-order valence-corrected chi connectivity index (χ0v) is 13.5. The Labute approximate surface area is 138 Å². The number of alkyl halides is 3. The van der Waals surface area contributed by atoms with Crippen molar-refractivity contribution in [2.45, 2.75) is 20.0 Å². The lowest BCUT2D eigenvalue weighted by molar-refractivity contribution is -0.123. The van der Waals surface area contributed by atoms with E-state index in [1.807, 2.05) is 12.2 Å². The molecular weight excluding hydrogens is 323 g/mol. The zero-order valence-electron chi connectivity index (χ0n) is 13.5. The summed E-state index contributed by atoms with van der Waals surface area (Å²) in [6, 6.07) is 4.41. The number of benzene rings is 1. The van der Waals surface area contributed by atoms with Gasteiger partial charge in [0.15, 0.2) is 0 Å². The quantitative estimate of drug-likeness (QED) is 0.767. The second kappa shape index (κ2) is 7.21. The Hall–Kier alpha value is -2.09. The molecule has 8 heteroatoms. The normalized spacial score (nSPS) is 16.2. The van der Waals surface area contributed by atoms with Gasteiger partial charge < -0.3 is 16.0 Å². The highest BCUT2D eigenvalue weighted by atomic mass is 19.4. The van der Waals surface area contributed by atoms with Gasteiger partial charge >= 0.3 is 6.18 Å². The van der Waals surface area contributed by atoms with Gasteiger partial charge in [0.05, 0.1) is 0 Å². The molecule has 0 saturated carbocycles. The number of carbonyl (C=O) groups is 2. The molecule has 1 heterocycles. The molecule has 24 heavy (non-hydrogen) atoms. The number of halogens is 3. The summed E-state index contributed by atoms with van der Waals surface area (Å²) in [6.45, 7) is 3.76. The Morgan fingerprint density at radius 1 is 1.33 bits per heavy atom. The lowest BCUT2D eigenvalue weighted by Crippen LogP contribution is -2.48. The van der Waals surface area contributed by atoms with Gasteiger partial charge in [-0.1, -0.05) is 13.0 Å². The predicted molar refractivity (Wildman–Crippen MR) is 83.7 cm³/mol. The maximum Gasteiger partial charge on any atom is 0.405 e. The molecule has 132 valence electrons. The van der Waals surface area contributed by atoms with Gasteiger partial charge in [-0.25, -0.2) is 0 Å². The van der Waals surface area contributed by atoms with E-state index in [0.29, 0.717) is 5.69 Å². The minimum atomic E-state index is -4.47. The van der Waals surface area contributed by atoms with Crippen molar-refractivity contribution in [2.24, 2.45) is 11.8 Å². The van der Waals surface area contributed by atoms with Crippen LogP contribution >= 0.6 is 0 Å². The van der Waals surface area contributed by atoms with E-state index in [1.54, 1.807) is 13.0 Å². The van der Waals surface area contributed by atoms with Gasteiger partial charge in [-0.05, 0) is 43.6 Å². The van der Waals surface area contributed by atoms with Crippen LogP contribution < -0.4 is 16.0 Å². The average molecular weight is 343 g/mol. The molecule has 0 radical (unpaired) electrons. The van der Waals surface area contributed by atoms with Crippen LogP contribution in [-0.2, 0) is 4.79 Å². The second-order valence-corrected chi connectivity index (χ2v) is 6.02. The number of amides is 2. The summed E-state index contributed by atoms with van der Waals surface area (Å²) >= 11 is 0. The minimum absolute atomic E-state index is 0.0677. The summed E-state index contributed by atoms with van der Waals surface area (Å²) in [5.41, 5.74) is 1.23. The largest absolute Gasteiger partial charge is 0.405 e. The van der Waals surface area contributed by atoms with Crippen LogP contribution in [0, 0.1) is 18.8 Å². The second-order valence-electron chi connectivity index (χ2n) is 6.02. The molecule has 0 bridgehead atoms. The van der Waals surface area contributed by atoms with E-state index in [-0.39, 0.29) is 23.3 Å². The van der Waals surface area contributed by atoms with Crippen LogP contribution in [0.3, 0.4) is 0 Å². The van der Waals surface area contributed by atoms with Crippen LogP contribution in [0.1, 0.15) is 22.8 Å². The van der Waals surface area contributed by atoms with Gasteiger partial charge in [0.2, 0.25) is 5.91 Å². The monoisotopic (exact) mass is 343 g/mol. The van der Waals surface area contributed by atoms with E-state index < -0.39 is 18.6 Å². The number of carbonyl (C=O) groups excluding carboxylic acids is 2. The molecule has 2 rings (SSSR count). The minimum Gasteiger partial charge on any atom is -0.343 e. The Morgan fingerprint density at radius 3 is 2.54 bits per heavy atom. The fourth-order valence-electron chi connectivity index (χ4n) is 2.31. The summed E-state index contributed by atoms with van der Waals surface area (Å²) in [5.74, 6) is -0.923. The Kier molecular flexibility index (Phi) is 5.48. The topological polar surface area (TPSA) is 70.2 Å². The molecular formula is C16H20F3N3O2. The molecule has 0 aliphatic carbocycles. The lowest BCUT2D eigenvalue weighted by atomic mass is 9.88. The van der Waals surface area contributed by atoms with E-state index in [1.165, 1.54) is 12.1 Å². The maximum absolute atomic E-state index is 12.2. The van der Waals surface area contributed by atoms with Crippen molar-refractivity contribution >= 4 is 17.5 Å². The van der Waals surface area contributed by atoms with Crippen LogP contribution in [0.25, 0.3) is 0 Å². The van der Waals surface area contributed by atoms with Crippen molar-refractivity contribution in [3.8, 4) is 0 Å². The third-order valence-corrected chi connectivity index (χ3v) is 4.14. The van der Waals surface area contributed by atoms with Crippen molar-refractivity contribution in [3.63, 3.8) is 0 Å². The third kappa shape index (κ3) is 4.70. The highest BCUT2D eigenvalue weighted by Gasteiger charge is 2.29. The van der Waals surface area contributed by atoms with E-state index in [0.717, 1.165) is 18.7 Å². The first-order valence-corrected chi connectivity index (χ1v) is 7.64. The standard InChI is InChI=1S/C16H20F3N3O2/c1-9-3-4-11(15(24)21-8-16(17,18)19)5-13(9)22-14(23)10(2)12-6-20-7-12/h3-5,10,12,20H,6-8H2,1-2H3,(H,21,24)(H,22,23). The van der Waals surface area contributed by atoms with Gasteiger partial charge in [0.25, 0.3) is 5.91 Å². The summed E-state index contributed by atoms with van der Waals surface area (Å²) in [7, 11) is 0. The number of hydrogen-bond donors (Lipinski definition) is 3. The molecule has 0 aromatic heterocycles. The van der Waals surface area contributed by atoms with Crippen LogP contribution in [-0.4, -0.2) is 37.6 Å². The first-order chi connectivity index (χ1) is 11.2. The molecule has 1 aliphatic heterocycles. The van der Waals surface area contributed by atoms with Crippen molar-refractivity contribution in [1.82, 2.24) is 10.6 Å². The lowest BCUT2D eigenvalue weighted by Gasteiger charge is -2.31. The molecule has 1 fully saturated rings. The van der Waals surface area contributed by atoms with Crippen molar-refractivity contribution in [1.29, 1.82) is 0 Å². The predicted octanol–water partition coefficient (Wildman–Crippen LogP) is 2.08. The van der Waals surface area contributed by atoms with Crippen LogP contribution in [0.2, 0.25) is 0 Å². The Bertz CT molecular complexity index is 627. The molecule has 1 unspecified atom stereocenters. The fourth-order valence-corrected chi connectivity index (χ4v) is 2.31. The maximum atomic E-state index is 12.2. The molecule has 2 amide bonds. The molecule has 5 nitrogen and oxygen atoms in total. The van der Waals surface area contributed by atoms with Gasteiger partial charge in [-0.2, -0.15) is 13.2 Å². The summed E-state index contributed by atoms with van der Waals surface area (Å²) in [6.07, 6.45) is -4.47. The average Bonchev–Trinajstić information content (AvgIpc) is 2.44. The third-order valence-electron chi connectivity index (χ3n) is 4.14. The number of nitrogens with one attached hydrogen (secondary N) is 3. The van der Waals surface area contributed by atoms with Crippen LogP contribution in [0.15, 0.2) is 18.2 Å². The van der Waals surface area contributed by atoms with Crippen LogP contribution in [0.5, 0.6) is 0 Å². The van der Waals surface area contributed by atoms with Gasteiger partial charge in [0, 0.05) is 17.2 Å². The highest BCUT2D eigenvalue weighted by molar-refractivity contribution is 5.98. The molecule has 1 saturated heterocycles. The highest BCUT2D eigenvalue weighted by Crippen LogP contribution is 2.22. The first-order valence-electron chi connectivity index (χ1n) is 7.64. The number of hydrogen-bond acceptors (Lipinski definition) is 3. The van der Waals surface area contributed by atoms with Crippen molar-refractivity contribution in [3.05, 3.63) is 29.3 Å². The zero-order chi connectivity index (χ0) is 17.9. The molecule has 1 aromatic carbocycles. The molecule has 3 N–H and O–H groups in total. The van der Waals surface area contributed by atoms with Gasteiger partial charge in [0.1, 0.15) is 6.54 Å². The number of anilines is 1. The van der Waals surface area contributed by atoms with Crippen molar-refractivity contribution in [2.75, 3.05) is 25.0 Å². The SMILES string of the molecule is Cc1ccc(C(=O)NCC(F)(F)F)cc1NC(=O)C(C)C1CNC1. The summed E-state index contributed by atoms with van der Waals surface area (Å²) < 4.78 is 36.5. The molecule has 1 aromatic rings. The van der Waals surface area contributed by atoms with E-state index in [4.69, 9.17) is 0 Å². The summed E-state index contributed by atoms with van der Waals surface area (Å²) in [4.78, 5) is 24.1. The van der Waals surface area contributed by atoms with Gasteiger partial charge in [-0.15, -0.1) is 0 Å². The van der Waals surface area contributed by atoms with E-state index in [9.17, 15) is 22.8 Å². The molecule has 1 aliphatic rings. The number of aryl methyl sites for hydroxylation is 1.